The molecule has 0 saturated carbocycles. The van der Waals surface area contributed by atoms with Crippen LogP contribution < -0.4 is 42.4 Å². The molecule has 0 fully saturated rings. The molecule has 30 heavy (non-hydrogen) atoms. The summed E-state index contributed by atoms with van der Waals surface area (Å²) < 4.78 is 1.66. The Hall–Kier alpha value is 0.501. The summed E-state index contributed by atoms with van der Waals surface area (Å²) in [4.78, 5) is 0. The molecule has 0 amide bonds. The Bertz CT molecular complexity index is 715. The molecule has 0 aliphatic heterocycles. The van der Waals surface area contributed by atoms with Gasteiger partial charge in [0, 0.05) is 0 Å². The fourth-order valence-corrected chi connectivity index (χ4v) is 14.0. The number of rotatable bonds is 8. The van der Waals surface area contributed by atoms with Gasteiger partial charge in [-0.2, -0.15) is 0 Å². The minimum Gasteiger partial charge on any atom is -1.00 e. The number of allylic oxidation sites excluding steroid dienone is 4. The smallest absolute Gasteiger partial charge is 1.00 e. The molecule has 0 N–H and O–H groups in total. The maximum atomic E-state index is 2.62. The summed E-state index contributed by atoms with van der Waals surface area (Å²) in [6, 6.07) is 10.3. The van der Waals surface area contributed by atoms with Crippen LogP contribution in [-0.4, -0.2) is 8.07 Å². The molecule has 1 aromatic carbocycles. The van der Waals surface area contributed by atoms with Crippen molar-refractivity contribution in [3.8, 4) is 0 Å². The van der Waals surface area contributed by atoms with E-state index in [1.807, 2.05) is 0 Å². The normalized spacial score (nSPS) is 18.7. The quantitative estimate of drug-likeness (QED) is 0.366. The molecule has 168 valence electrons. The summed E-state index contributed by atoms with van der Waals surface area (Å²) in [6.45, 7) is 19.1. The Morgan fingerprint density at radius 3 is 1.53 bits per heavy atom. The van der Waals surface area contributed by atoms with Crippen molar-refractivity contribution in [3.05, 3.63) is 49.9 Å². The van der Waals surface area contributed by atoms with E-state index in [0.29, 0.717) is 0 Å². The first-order valence-corrected chi connectivity index (χ1v) is 14.0. The molecule has 0 heterocycles. The SMILES string of the molecule is CCCC[Si](CCCC)(c1cc(C)cc(C)c1)C1(C)C(C)=C(C)C(C)=[C]1[Ti+3].[Cl-].[Cl-].[Cl-]. The average molecular weight is 522 g/mol. The molecular weight excluding hydrogens is 483 g/mol. The van der Waals surface area contributed by atoms with Crippen molar-refractivity contribution in [2.75, 3.05) is 0 Å². The van der Waals surface area contributed by atoms with Gasteiger partial charge in [-0.25, -0.2) is 0 Å². The number of unbranched alkanes of at least 4 members (excludes halogenated alkanes) is 2. The van der Waals surface area contributed by atoms with E-state index in [9.17, 15) is 0 Å². The van der Waals surface area contributed by atoms with Crippen LogP contribution >= 0.6 is 0 Å². The molecule has 0 spiro atoms. The molecule has 0 radical (unpaired) electrons. The van der Waals surface area contributed by atoms with Crippen LogP contribution in [0.25, 0.3) is 0 Å². The van der Waals surface area contributed by atoms with E-state index < -0.39 is 8.07 Å². The van der Waals surface area contributed by atoms with Gasteiger partial charge in [-0.3, -0.25) is 0 Å². The molecular formula is C25H39Cl3SiTi. The zero-order chi connectivity index (χ0) is 20.4. The third-order valence-electron chi connectivity index (χ3n) is 7.40. The third kappa shape index (κ3) is 5.70. The van der Waals surface area contributed by atoms with Crippen LogP contribution in [-0.2, 0) is 20.4 Å². The van der Waals surface area contributed by atoms with Crippen LogP contribution in [0.4, 0.5) is 0 Å². The molecule has 0 bridgehead atoms. The van der Waals surface area contributed by atoms with Crippen LogP contribution in [0, 0.1) is 13.8 Å². The predicted molar refractivity (Wildman–Crippen MR) is 120 cm³/mol. The molecule has 0 saturated heterocycles. The molecule has 0 nitrogen and oxygen atoms in total. The van der Waals surface area contributed by atoms with Crippen molar-refractivity contribution < 1.29 is 57.7 Å². The Kier molecular flexibility index (Phi) is 14.5. The van der Waals surface area contributed by atoms with Gasteiger partial charge in [0.15, 0.2) is 0 Å². The van der Waals surface area contributed by atoms with Crippen molar-refractivity contribution >= 4 is 13.3 Å². The minimum atomic E-state index is -1.79. The second kappa shape index (κ2) is 13.3. The van der Waals surface area contributed by atoms with Gasteiger partial charge < -0.3 is 37.2 Å². The second-order valence-electron chi connectivity index (χ2n) is 9.04. The minimum absolute atomic E-state index is 0. The molecule has 1 unspecified atom stereocenters. The molecule has 5 heteroatoms. The molecule has 1 aliphatic carbocycles. The molecule has 0 aromatic heterocycles. The van der Waals surface area contributed by atoms with Crippen LogP contribution in [0.5, 0.6) is 0 Å². The van der Waals surface area contributed by atoms with Crippen molar-refractivity contribution in [1.82, 2.24) is 0 Å². The van der Waals surface area contributed by atoms with Crippen LogP contribution in [0.3, 0.4) is 0 Å². The van der Waals surface area contributed by atoms with Gasteiger partial charge in [0.2, 0.25) is 0 Å². The van der Waals surface area contributed by atoms with E-state index in [0.717, 1.165) is 0 Å². The molecule has 2 rings (SSSR count). The maximum absolute atomic E-state index is 2.62. The van der Waals surface area contributed by atoms with E-state index in [4.69, 9.17) is 0 Å². The summed E-state index contributed by atoms with van der Waals surface area (Å²) in [5.74, 6) is 0. The fraction of sp³-hybridized carbons (Fsp3) is 0.600. The van der Waals surface area contributed by atoms with Gasteiger partial charge in [-0.05, 0) is 0 Å². The van der Waals surface area contributed by atoms with Crippen molar-refractivity contribution in [3.63, 3.8) is 0 Å². The summed E-state index contributed by atoms with van der Waals surface area (Å²) in [7, 11) is -1.79. The van der Waals surface area contributed by atoms with Crippen molar-refractivity contribution in [2.45, 2.75) is 98.2 Å². The van der Waals surface area contributed by atoms with Crippen LogP contribution in [0.1, 0.15) is 78.4 Å². The maximum Gasteiger partial charge on any atom is -1.00 e. The Labute approximate surface area is 217 Å². The topological polar surface area (TPSA) is 0 Å². The van der Waals surface area contributed by atoms with E-state index in [1.54, 1.807) is 25.8 Å². The summed E-state index contributed by atoms with van der Waals surface area (Å²) >= 11 is 2.44. The fourth-order valence-electron chi connectivity index (χ4n) is 5.41. The zero-order valence-corrected chi connectivity index (χ0v) is 24.9. The van der Waals surface area contributed by atoms with Crippen molar-refractivity contribution in [2.24, 2.45) is 0 Å². The van der Waals surface area contributed by atoms with Gasteiger partial charge >= 0.3 is 182 Å². The van der Waals surface area contributed by atoms with Crippen LogP contribution in [0.15, 0.2) is 38.8 Å². The second-order valence-corrected chi connectivity index (χ2v) is 14.6. The first-order valence-electron chi connectivity index (χ1n) is 10.9. The Morgan fingerprint density at radius 2 is 1.20 bits per heavy atom. The number of halogens is 3. The van der Waals surface area contributed by atoms with Gasteiger partial charge in [-0.15, -0.1) is 0 Å². The van der Waals surface area contributed by atoms with Gasteiger partial charge in [0.1, 0.15) is 0 Å². The van der Waals surface area contributed by atoms with E-state index >= 15 is 0 Å². The van der Waals surface area contributed by atoms with Crippen molar-refractivity contribution in [1.29, 1.82) is 0 Å². The largest absolute Gasteiger partial charge is 1.00 e. The number of hydrogen-bond acceptors (Lipinski definition) is 0. The van der Waals surface area contributed by atoms with Gasteiger partial charge in [0.25, 0.3) is 0 Å². The number of aryl methyl sites for hydroxylation is 2. The number of hydrogen-bond donors (Lipinski definition) is 0. The van der Waals surface area contributed by atoms with E-state index in [1.165, 1.54) is 48.9 Å². The molecule has 1 atom stereocenters. The standard InChI is InChI=1S/C25H39Si.3ClH.Ti/c1-9-11-13-26(14-12-10-2,24-16-19(3)15-20(4)17-24)25(8)18-21(5)22(6)23(25)7;;;;/h15-17H,9-14H2,1-8H3;3*1H;/q;;;;+3/p-3. The predicted octanol–water partition coefficient (Wildman–Crippen LogP) is -1.50. The molecule has 1 aliphatic rings. The van der Waals surface area contributed by atoms with E-state index in [-0.39, 0.29) is 42.3 Å². The number of benzene rings is 1. The first kappa shape index (κ1) is 32.7. The Balaban J connectivity index is 0. The Morgan fingerprint density at radius 1 is 0.767 bits per heavy atom. The average Bonchev–Trinajstić information content (AvgIpc) is 2.77. The van der Waals surface area contributed by atoms with Crippen LogP contribution in [0.2, 0.25) is 17.1 Å². The summed E-state index contributed by atoms with van der Waals surface area (Å²) in [5.41, 5.74) is 7.66. The zero-order valence-electron chi connectivity index (χ0n) is 20.1. The summed E-state index contributed by atoms with van der Waals surface area (Å²) in [6.07, 6.45) is 5.31. The summed E-state index contributed by atoms with van der Waals surface area (Å²) in [5, 5.41) is 1.97. The van der Waals surface area contributed by atoms with E-state index in [2.05, 4.69) is 94.0 Å². The molecule has 1 aromatic rings. The van der Waals surface area contributed by atoms with Gasteiger partial charge in [-0.1, -0.05) is 0 Å². The monoisotopic (exact) mass is 520 g/mol. The first-order chi connectivity index (χ1) is 12.7. The van der Waals surface area contributed by atoms with Gasteiger partial charge in [0.05, 0.1) is 0 Å². The third-order valence-corrected chi connectivity index (χ3v) is 15.5.